The molecular weight excluding hydrogens is 314 g/mol. The first-order valence-electron chi connectivity index (χ1n) is 5.64. The third-order valence-electron chi connectivity index (χ3n) is 2.87. The minimum Gasteiger partial charge on any atom is -0.309 e. The summed E-state index contributed by atoms with van der Waals surface area (Å²) < 4.78 is 2.33. The number of hydrogen-bond donors (Lipinski definition) is 0. The molecule has 0 aliphatic carbocycles. The Morgan fingerprint density at radius 3 is 2.89 bits per heavy atom. The van der Waals surface area contributed by atoms with Crippen LogP contribution in [0.15, 0.2) is 25.3 Å². The lowest BCUT2D eigenvalue weighted by Crippen LogP contribution is -2.25. The average molecular weight is 328 g/mol. The molecule has 0 saturated carbocycles. The number of amidine groups is 1. The maximum Gasteiger partial charge on any atom is 0.265 e. The molecule has 0 amide bonds. The Bertz CT molecular complexity index is 604. The highest BCUT2D eigenvalue weighted by atomic mass is 79.9. The zero-order valence-electron chi connectivity index (χ0n) is 10.5. The zero-order valence-corrected chi connectivity index (χ0v) is 12.9. The van der Waals surface area contributed by atoms with E-state index in [1.165, 1.54) is 11.8 Å². The monoisotopic (exact) mass is 327 g/mol. The quantitative estimate of drug-likeness (QED) is 0.796. The fourth-order valence-corrected chi connectivity index (χ4v) is 2.84. The number of nitrogens with zero attached hydrogens (tertiary/aromatic N) is 3. The van der Waals surface area contributed by atoms with Crippen molar-refractivity contribution < 1.29 is 0 Å². The number of rotatable bonds is 1. The van der Waals surface area contributed by atoms with Crippen LogP contribution in [0, 0.1) is 0 Å². The molecule has 2 rings (SSSR count). The second-order valence-electron chi connectivity index (χ2n) is 3.90. The van der Waals surface area contributed by atoms with Gasteiger partial charge in [-0.3, -0.25) is 9.79 Å². The summed E-state index contributed by atoms with van der Waals surface area (Å²) >= 11 is 4.84. The van der Waals surface area contributed by atoms with E-state index in [0.29, 0.717) is 17.6 Å². The number of aliphatic imine (C=N–C) groups is 2. The Morgan fingerprint density at radius 1 is 1.56 bits per heavy atom. The van der Waals surface area contributed by atoms with Crippen molar-refractivity contribution in [3.05, 3.63) is 32.2 Å². The van der Waals surface area contributed by atoms with Crippen molar-refractivity contribution in [1.29, 1.82) is 0 Å². The largest absolute Gasteiger partial charge is 0.309 e. The van der Waals surface area contributed by atoms with Gasteiger partial charge in [-0.2, -0.15) is 0 Å². The van der Waals surface area contributed by atoms with Gasteiger partial charge in [0, 0.05) is 17.8 Å². The summed E-state index contributed by atoms with van der Waals surface area (Å²) in [5, 5.41) is 0.759. The van der Waals surface area contributed by atoms with Gasteiger partial charge in [-0.1, -0.05) is 11.8 Å². The Labute approximate surface area is 118 Å². The van der Waals surface area contributed by atoms with Crippen molar-refractivity contribution in [2.75, 3.05) is 6.26 Å². The van der Waals surface area contributed by atoms with Gasteiger partial charge < -0.3 is 4.57 Å². The average Bonchev–Trinajstić information content (AvgIpc) is 2.51. The van der Waals surface area contributed by atoms with Crippen LogP contribution in [0.1, 0.15) is 25.1 Å². The van der Waals surface area contributed by atoms with Gasteiger partial charge in [-0.15, -0.1) is 0 Å². The third-order valence-corrected chi connectivity index (χ3v) is 4.03. The van der Waals surface area contributed by atoms with Crippen LogP contribution in [0.2, 0.25) is 0 Å². The van der Waals surface area contributed by atoms with Crippen LogP contribution in [-0.2, 0) is 13.1 Å². The van der Waals surface area contributed by atoms with E-state index in [0.717, 1.165) is 22.1 Å². The number of fused-ring (bicyclic) bond motifs is 1. The van der Waals surface area contributed by atoms with E-state index in [2.05, 4.69) is 25.9 Å². The standard InChI is InChI=1S/C12H14BrN3OS/c1-4-16-10-6-14-12(18-3)15-7(2)8(10)5-9(13)11(16)17/h5H,4,6H2,1-3H3. The van der Waals surface area contributed by atoms with Crippen LogP contribution in [0.25, 0.3) is 0 Å². The number of aromatic nitrogens is 1. The molecule has 18 heavy (non-hydrogen) atoms. The molecule has 0 unspecified atom stereocenters. The van der Waals surface area contributed by atoms with Crippen molar-refractivity contribution in [2.45, 2.75) is 26.9 Å². The van der Waals surface area contributed by atoms with Gasteiger partial charge in [0.1, 0.15) is 0 Å². The highest BCUT2D eigenvalue weighted by molar-refractivity contribution is 9.10. The van der Waals surface area contributed by atoms with Crippen molar-refractivity contribution in [3.63, 3.8) is 0 Å². The zero-order chi connectivity index (χ0) is 13.3. The molecule has 0 radical (unpaired) electrons. The Hall–Kier alpha value is -0.880. The second kappa shape index (κ2) is 5.40. The van der Waals surface area contributed by atoms with E-state index in [1.54, 1.807) is 4.57 Å². The van der Waals surface area contributed by atoms with Crippen molar-refractivity contribution in [3.8, 4) is 0 Å². The Balaban J connectivity index is 2.72. The van der Waals surface area contributed by atoms with E-state index in [9.17, 15) is 4.79 Å². The Morgan fingerprint density at radius 2 is 2.28 bits per heavy atom. The van der Waals surface area contributed by atoms with E-state index in [4.69, 9.17) is 0 Å². The Kier molecular flexibility index (Phi) is 4.07. The summed E-state index contributed by atoms with van der Waals surface area (Å²) in [7, 11) is 0. The number of halogens is 1. The molecule has 0 spiro atoms. The van der Waals surface area contributed by atoms with Gasteiger partial charge in [0.25, 0.3) is 5.56 Å². The van der Waals surface area contributed by atoms with Crippen LogP contribution < -0.4 is 5.56 Å². The molecule has 0 fully saturated rings. The molecule has 0 N–H and O–H groups in total. The molecule has 0 aromatic carbocycles. The van der Waals surface area contributed by atoms with E-state index in [-0.39, 0.29) is 5.56 Å². The van der Waals surface area contributed by atoms with Crippen LogP contribution in [0.3, 0.4) is 0 Å². The van der Waals surface area contributed by atoms with Gasteiger partial charge in [0.15, 0.2) is 5.17 Å². The van der Waals surface area contributed by atoms with Gasteiger partial charge >= 0.3 is 0 Å². The smallest absolute Gasteiger partial charge is 0.265 e. The molecule has 1 aromatic heterocycles. The van der Waals surface area contributed by atoms with Crippen LogP contribution >= 0.6 is 27.7 Å². The summed E-state index contributed by atoms with van der Waals surface area (Å²) in [6.45, 7) is 5.05. The highest BCUT2D eigenvalue weighted by Gasteiger charge is 2.17. The van der Waals surface area contributed by atoms with Crippen LogP contribution in [0.5, 0.6) is 0 Å². The fourth-order valence-electron chi connectivity index (χ4n) is 1.98. The minimum absolute atomic E-state index is 0.00754. The highest BCUT2D eigenvalue weighted by Crippen LogP contribution is 2.19. The van der Waals surface area contributed by atoms with Crippen molar-refractivity contribution in [2.24, 2.45) is 9.98 Å². The van der Waals surface area contributed by atoms with E-state index in [1.807, 2.05) is 26.2 Å². The normalized spacial score (nSPS) is 14.7. The molecule has 2 heterocycles. The molecule has 1 aliphatic rings. The lowest BCUT2D eigenvalue weighted by molar-refractivity contribution is 0.672. The maximum atomic E-state index is 12.1. The van der Waals surface area contributed by atoms with Crippen molar-refractivity contribution >= 4 is 38.6 Å². The van der Waals surface area contributed by atoms with Crippen LogP contribution in [0.4, 0.5) is 0 Å². The van der Waals surface area contributed by atoms with Gasteiger partial charge in [-0.25, -0.2) is 4.99 Å². The lowest BCUT2D eigenvalue weighted by Gasteiger charge is -2.13. The lowest BCUT2D eigenvalue weighted by atomic mass is 10.1. The topological polar surface area (TPSA) is 46.7 Å². The summed E-state index contributed by atoms with van der Waals surface area (Å²) in [6, 6.07) is 1.85. The van der Waals surface area contributed by atoms with Gasteiger partial charge in [-0.05, 0) is 42.1 Å². The summed E-state index contributed by atoms with van der Waals surface area (Å²) in [5.41, 5.74) is 2.83. The molecule has 0 bridgehead atoms. The van der Waals surface area contributed by atoms with Gasteiger partial charge in [0.05, 0.1) is 16.7 Å². The number of pyridine rings is 1. The van der Waals surface area contributed by atoms with E-state index < -0.39 is 0 Å². The SMILES string of the molecule is CCn1c2c(cc(Br)c1=O)C(C)=NC(SC)=NC2. The molecule has 1 aliphatic heterocycles. The molecule has 0 saturated heterocycles. The molecular formula is C12H14BrN3OS. The predicted molar refractivity (Wildman–Crippen MR) is 80.9 cm³/mol. The van der Waals surface area contributed by atoms with Crippen molar-refractivity contribution in [1.82, 2.24) is 4.57 Å². The van der Waals surface area contributed by atoms with Crippen LogP contribution in [-0.4, -0.2) is 21.7 Å². The molecule has 6 heteroatoms. The number of thioether (sulfide) groups is 1. The maximum absolute atomic E-state index is 12.1. The molecule has 1 aromatic rings. The summed E-state index contributed by atoms with van der Waals surface area (Å²) in [6.07, 6.45) is 1.95. The molecule has 0 atom stereocenters. The van der Waals surface area contributed by atoms with Gasteiger partial charge in [0.2, 0.25) is 0 Å². The first-order chi connectivity index (χ1) is 8.58. The third kappa shape index (κ3) is 2.31. The second-order valence-corrected chi connectivity index (χ2v) is 5.53. The minimum atomic E-state index is -0.00754. The number of hydrogen-bond acceptors (Lipinski definition) is 4. The first-order valence-corrected chi connectivity index (χ1v) is 7.66. The predicted octanol–water partition coefficient (Wildman–Crippen LogP) is 2.67. The summed E-state index contributed by atoms with van der Waals surface area (Å²) in [4.78, 5) is 21.0. The fraction of sp³-hybridized carbons (Fsp3) is 0.417. The summed E-state index contributed by atoms with van der Waals surface area (Å²) in [5.74, 6) is 0. The molecule has 96 valence electrons. The van der Waals surface area contributed by atoms with E-state index >= 15 is 0 Å². The first kappa shape index (κ1) is 13.5. The molecule has 4 nitrogen and oxygen atoms in total.